The highest BCUT2D eigenvalue weighted by Gasteiger charge is 2.17. The molecule has 0 spiro atoms. The standard InChI is InChI=1S/C35H22N4O/c1-2-10-34-31(9-1)38-35(40-34)26-12-14-29-28-13-11-24(23-15-18-36-19-16-23)21-32(28)39(33(29)22-26)27-7-5-6-25(20-27)30-8-3-4-17-37-30/h1-22H. The molecule has 0 radical (unpaired) electrons. The third-order valence-electron chi connectivity index (χ3n) is 7.39. The summed E-state index contributed by atoms with van der Waals surface area (Å²) in [6.07, 6.45) is 5.49. The van der Waals surface area contributed by atoms with Gasteiger partial charge >= 0.3 is 0 Å². The van der Waals surface area contributed by atoms with Crippen molar-refractivity contribution in [2.45, 2.75) is 0 Å². The number of para-hydroxylation sites is 2. The van der Waals surface area contributed by atoms with Crippen LogP contribution < -0.4 is 0 Å². The predicted octanol–water partition coefficient (Wildman–Crippen LogP) is 8.72. The lowest BCUT2D eigenvalue weighted by Crippen LogP contribution is -1.95. The summed E-state index contributed by atoms with van der Waals surface area (Å²) in [6.45, 7) is 0. The van der Waals surface area contributed by atoms with Crippen molar-refractivity contribution in [1.29, 1.82) is 0 Å². The second-order valence-electron chi connectivity index (χ2n) is 9.79. The van der Waals surface area contributed by atoms with Crippen molar-refractivity contribution in [2.75, 3.05) is 0 Å². The number of hydrogen-bond acceptors (Lipinski definition) is 4. The van der Waals surface area contributed by atoms with E-state index in [0.29, 0.717) is 5.89 Å². The monoisotopic (exact) mass is 514 g/mol. The Bertz CT molecular complexity index is 2130. The maximum Gasteiger partial charge on any atom is 0.227 e. The molecule has 0 amide bonds. The maximum atomic E-state index is 6.14. The summed E-state index contributed by atoms with van der Waals surface area (Å²) in [5, 5.41) is 2.35. The number of hydrogen-bond donors (Lipinski definition) is 0. The topological polar surface area (TPSA) is 56.7 Å². The van der Waals surface area contributed by atoms with Crippen LogP contribution in [0.1, 0.15) is 0 Å². The van der Waals surface area contributed by atoms with Crippen molar-refractivity contribution in [3.05, 3.63) is 134 Å². The van der Waals surface area contributed by atoms with Crippen LogP contribution in [0.5, 0.6) is 0 Å². The van der Waals surface area contributed by atoms with Crippen LogP contribution >= 0.6 is 0 Å². The zero-order valence-corrected chi connectivity index (χ0v) is 21.4. The van der Waals surface area contributed by atoms with Gasteiger partial charge in [0.25, 0.3) is 0 Å². The molecule has 0 fully saturated rings. The summed E-state index contributed by atoms with van der Waals surface area (Å²) < 4.78 is 8.47. The molecule has 4 heterocycles. The molecule has 0 aliphatic rings. The Balaban J connectivity index is 1.40. The van der Waals surface area contributed by atoms with E-state index in [0.717, 1.165) is 55.8 Å². The van der Waals surface area contributed by atoms with Gasteiger partial charge in [0, 0.05) is 46.2 Å². The second kappa shape index (κ2) is 9.03. The molecule has 0 N–H and O–H groups in total. The Kier molecular flexibility index (Phi) is 5.07. The molecular weight excluding hydrogens is 492 g/mol. The van der Waals surface area contributed by atoms with E-state index < -0.39 is 0 Å². The van der Waals surface area contributed by atoms with Gasteiger partial charge in [0.2, 0.25) is 5.89 Å². The van der Waals surface area contributed by atoms with Gasteiger partial charge in [-0.3, -0.25) is 9.97 Å². The second-order valence-corrected chi connectivity index (χ2v) is 9.79. The van der Waals surface area contributed by atoms with Crippen LogP contribution in [0.15, 0.2) is 138 Å². The minimum Gasteiger partial charge on any atom is -0.436 e. The SMILES string of the molecule is c1ccc(-c2cccc(-n3c4cc(-c5ccncc5)ccc4c4ccc(-c5nc6ccccc6o5)cc43)c2)nc1. The van der Waals surface area contributed by atoms with E-state index >= 15 is 0 Å². The van der Waals surface area contributed by atoms with E-state index in [1.807, 2.05) is 73.2 Å². The van der Waals surface area contributed by atoms with Crippen LogP contribution in [0.25, 0.3) is 72.4 Å². The van der Waals surface area contributed by atoms with Crippen molar-refractivity contribution in [3.8, 4) is 39.5 Å². The Morgan fingerprint density at radius 3 is 2.12 bits per heavy atom. The van der Waals surface area contributed by atoms with E-state index in [9.17, 15) is 0 Å². The average Bonchev–Trinajstić information content (AvgIpc) is 3.61. The highest BCUT2D eigenvalue weighted by atomic mass is 16.3. The lowest BCUT2D eigenvalue weighted by atomic mass is 10.0. The van der Waals surface area contributed by atoms with Crippen molar-refractivity contribution >= 4 is 32.9 Å². The third kappa shape index (κ3) is 3.68. The van der Waals surface area contributed by atoms with Gasteiger partial charge < -0.3 is 8.98 Å². The molecule has 0 aliphatic heterocycles. The number of fused-ring (bicyclic) bond motifs is 4. The summed E-state index contributed by atoms with van der Waals surface area (Å²) in [6, 6.07) is 39.6. The Hall–Kier alpha value is -5.55. The van der Waals surface area contributed by atoms with Crippen molar-refractivity contribution in [1.82, 2.24) is 19.5 Å². The molecule has 8 rings (SSSR count). The van der Waals surface area contributed by atoms with E-state index in [2.05, 4.69) is 75.2 Å². The van der Waals surface area contributed by atoms with Gasteiger partial charge in [0.05, 0.1) is 16.7 Å². The average molecular weight is 515 g/mol. The summed E-state index contributed by atoms with van der Waals surface area (Å²) in [4.78, 5) is 13.6. The molecule has 40 heavy (non-hydrogen) atoms. The zero-order chi connectivity index (χ0) is 26.5. The molecule has 0 aliphatic carbocycles. The van der Waals surface area contributed by atoms with Crippen LogP contribution in [-0.2, 0) is 0 Å². The smallest absolute Gasteiger partial charge is 0.227 e. The van der Waals surface area contributed by atoms with E-state index in [1.165, 1.54) is 10.8 Å². The van der Waals surface area contributed by atoms with Crippen molar-refractivity contribution in [3.63, 3.8) is 0 Å². The molecule has 0 bridgehead atoms. The van der Waals surface area contributed by atoms with Crippen LogP contribution in [0.3, 0.4) is 0 Å². The van der Waals surface area contributed by atoms with E-state index in [1.54, 1.807) is 0 Å². The molecule has 0 atom stereocenters. The van der Waals surface area contributed by atoms with Crippen LogP contribution in [0.2, 0.25) is 0 Å². The first kappa shape index (κ1) is 22.4. The van der Waals surface area contributed by atoms with Crippen LogP contribution in [0, 0.1) is 0 Å². The molecule has 0 unspecified atom stereocenters. The normalized spacial score (nSPS) is 11.5. The van der Waals surface area contributed by atoms with E-state index in [4.69, 9.17) is 9.40 Å². The van der Waals surface area contributed by atoms with Gasteiger partial charge in [-0.15, -0.1) is 0 Å². The summed E-state index contributed by atoms with van der Waals surface area (Å²) in [5.41, 5.74) is 10.1. The van der Waals surface area contributed by atoms with Crippen molar-refractivity contribution < 1.29 is 4.42 Å². The largest absolute Gasteiger partial charge is 0.436 e. The highest BCUT2D eigenvalue weighted by molar-refractivity contribution is 6.11. The quantitative estimate of drug-likeness (QED) is 0.236. The Labute approximate surface area is 230 Å². The number of oxazole rings is 1. The van der Waals surface area contributed by atoms with E-state index in [-0.39, 0.29) is 0 Å². The Morgan fingerprint density at radius 1 is 0.550 bits per heavy atom. The van der Waals surface area contributed by atoms with Gasteiger partial charge in [0.1, 0.15) is 5.52 Å². The molecule has 4 aromatic carbocycles. The number of pyridine rings is 2. The number of benzene rings is 4. The molecule has 0 saturated carbocycles. The zero-order valence-electron chi connectivity index (χ0n) is 21.4. The number of nitrogens with zero attached hydrogens (tertiary/aromatic N) is 4. The first-order chi connectivity index (χ1) is 19.8. The number of aromatic nitrogens is 4. The fraction of sp³-hybridized carbons (Fsp3) is 0. The number of rotatable bonds is 4. The molecule has 4 aromatic heterocycles. The van der Waals surface area contributed by atoms with Crippen molar-refractivity contribution in [2.24, 2.45) is 0 Å². The van der Waals surface area contributed by atoms with Crippen LogP contribution in [-0.4, -0.2) is 19.5 Å². The minimum atomic E-state index is 0.611. The molecule has 8 aromatic rings. The highest BCUT2D eigenvalue weighted by Crippen LogP contribution is 2.37. The summed E-state index contributed by atoms with van der Waals surface area (Å²) in [5.74, 6) is 0.611. The molecule has 188 valence electrons. The Morgan fingerprint density at radius 2 is 1.32 bits per heavy atom. The van der Waals surface area contributed by atoms with Crippen LogP contribution in [0.4, 0.5) is 0 Å². The fourth-order valence-corrected chi connectivity index (χ4v) is 5.49. The summed E-state index contributed by atoms with van der Waals surface area (Å²) in [7, 11) is 0. The van der Waals surface area contributed by atoms with Gasteiger partial charge in [-0.05, 0) is 77.9 Å². The van der Waals surface area contributed by atoms with Gasteiger partial charge in [-0.2, -0.15) is 0 Å². The van der Waals surface area contributed by atoms with Gasteiger partial charge in [-0.25, -0.2) is 4.98 Å². The fourth-order valence-electron chi connectivity index (χ4n) is 5.49. The molecule has 5 nitrogen and oxygen atoms in total. The minimum absolute atomic E-state index is 0.611. The van der Waals surface area contributed by atoms with Gasteiger partial charge in [-0.1, -0.05) is 48.5 Å². The molecule has 5 heteroatoms. The molecular formula is C35H22N4O. The first-order valence-corrected chi connectivity index (χ1v) is 13.2. The molecule has 0 saturated heterocycles. The predicted molar refractivity (Wildman–Crippen MR) is 160 cm³/mol. The lowest BCUT2D eigenvalue weighted by Gasteiger charge is -2.11. The maximum absolute atomic E-state index is 6.14. The van der Waals surface area contributed by atoms with Gasteiger partial charge in [0.15, 0.2) is 5.58 Å². The summed E-state index contributed by atoms with van der Waals surface area (Å²) >= 11 is 0. The third-order valence-corrected chi connectivity index (χ3v) is 7.39. The lowest BCUT2D eigenvalue weighted by molar-refractivity contribution is 0.620. The first-order valence-electron chi connectivity index (χ1n) is 13.2.